The molecule has 0 aromatic carbocycles. The number of nitrogens with one attached hydrogen (secondary N) is 4. The van der Waals surface area contributed by atoms with E-state index < -0.39 is 0 Å². The first-order valence-corrected chi connectivity index (χ1v) is 28.8. The Bertz CT molecular complexity index is 775. The molecule has 4 fully saturated rings. The summed E-state index contributed by atoms with van der Waals surface area (Å²) in [6, 6.07) is 0. The molecular formula is C36H68N4O4S8. The van der Waals surface area contributed by atoms with Crippen LogP contribution in [-0.4, -0.2) is 95.8 Å². The number of rotatable bonds is 20. The Morgan fingerprint density at radius 2 is 0.596 bits per heavy atom. The summed E-state index contributed by atoms with van der Waals surface area (Å²) in [6.45, 7) is 0. The smallest absolute Gasteiger partial charge is 0.219 e. The van der Waals surface area contributed by atoms with Crippen LogP contribution in [0.25, 0.3) is 0 Å². The van der Waals surface area contributed by atoms with E-state index in [1.807, 2.05) is 86.4 Å². The highest BCUT2D eigenvalue weighted by Crippen LogP contribution is 2.42. The summed E-state index contributed by atoms with van der Waals surface area (Å²) in [7, 11) is 22.8. The van der Waals surface area contributed by atoms with E-state index in [-0.39, 0.29) is 23.6 Å². The summed E-state index contributed by atoms with van der Waals surface area (Å²) in [5.74, 6) is 5.94. The maximum Gasteiger partial charge on any atom is 0.219 e. The Hall–Kier alpha value is 0.680. The van der Waals surface area contributed by atoms with Gasteiger partial charge in [-0.1, -0.05) is 112 Å². The van der Waals surface area contributed by atoms with E-state index in [9.17, 15) is 19.2 Å². The minimum absolute atomic E-state index is 0.174. The fourth-order valence-electron chi connectivity index (χ4n) is 5.39. The van der Waals surface area contributed by atoms with Gasteiger partial charge in [-0.25, -0.2) is 0 Å². The van der Waals surface area contributed by atoms with Crippen molar-refractivity contribution in [2.45, 2.75) is 149 Å². The molecule has 0 saturated carbocycles. The van der Waals surface area contributed by atoms with Crippen molar-refractivity contribution in [2.24, 2.45) is 0 Å². The van der Waals surface area contributed by atoms with Gasteiger partial charge < -0.3 is 21.3 Å². The van der Waals surface area contributed by atoms with Gasteiger partial charge in [-0.05, 0) is 77.0 Å². The molecule has 304 valence electrons. The summed E-state index contributed by atoms with van der Waals surface area (Å²) in [4.78, 5) is 43.5. The van der Waals surface area contributed by atoms with Crippen LogP contribution in [0.15, 0.2) is 0 Å². The first kappa shape index (κ1) is 50.7. The van der Waals surface area contributed by atoms with Gasteiger partial charge in [0.05, 0.1) is 0 Å². The first-order valence-electron chi connectivity index (χ1n) is 19.3. The van der Waals surface area contributed by atoms with Crippen LogP contribution >= 0.6 is 86.4 Å². The Morgan fingerprint density at radius 1 is 0.385 bits per heavy atom. The largest absolute Gasteiger partial charge is 0.359 e. The number of hydrogen-bond donors (Lipinski definition) is 4. The molecule has 0 radical (unpaired) electrons. The molecule has 4 unspecified atom stereocenters. The van der Waals surface area contributed by atoms with Gasteiger partial charge >= 0.3 is 0 Å². The zero-order chi connectivity index (χ0) is 38.1. The van der Waals surface area contributed by atoms with E-state index >= 15 is 0 Å². The van der Waals surface area contributed by atoms with Gasteiger partial charge in [0.2, 0.25) is 23.6 Å². The molecule has 4 amide bonds. The van der Waals surface area contributed by atoms with Gasteiger partial charge in [0.1, 0.15) is 0 Å². The molecule has 52 heavy (non-hydrogen) atoms. The van der Waals surface area contributed by atoms with Crippen molar-refractivity contribution in [3.05, 3.63) is 0 Å². The quantitative estimate of drug-likeness (QED) is 0.0690. The third-order valence-electron chi connectivity index (χ3n) is 8.74. The second kappa shape index (κ2) is 36.0. The Labute approximate surface area is 348 Å². The third-order valence-corrected chi connectivity index (χ3v) is 20.8. The zero-order valence-electron chi connectivity index (χ0n) is 32.2. The normalized spacial score (nSPS) is 21.8. The van der Waals surface area contributed by atoms with Crippen LogP contribution < -0.4 is 21.3 Å². The number of carbonyl (C=O) groups excluding carboxylic acids is 4. The van der Waals surface area contributed by atoms with Gasteiger partial charge in [0.25, 0.3) is 0 Å². The van der Waals surface area contributed by atoms with Crippen LogP contribution in [0.5, 0.6) is 0 Å². The highest BCUT2D eigenvalue weighted by atomic mass is 33.1. The molecule has 8 nitrogen and oxygen atoms in total. The third kappa shape index (κ3) is 29.9. The maximum absolute atomic E-state index is 10.9. The van der Waals surface area contributed by atoms with Gasteiger partial charge in [-0.3, -0.25) is 19.2 Å². The summed E-state index contributed by atoms with van der Waals surface area (Å²) >= 11 is 0. The zero-order valence-corrected chi connectivity index (χ0v) is 38.7. The van der Waals surface area contributed by atoms with Crippen LogP contribution in [-0.2, 0) is 19.2 Å². The maximum atomic E-state index is 10.9. The van der Waals surface area contributed by atoms with Gasteiger partial charge in [-0.2, -0.15) is 0 Å². The van der Waals surface area contributed by atoms with E-state index in [0.717, 1.165) is 46.7 Å². The number of hydrogen-bond acceptors (Lipinski definition) is 12. The Morgan fingerprint density at radius 3 is 0.750 bits per heavy atom. The Balaban J connectivity index is 0.000000347. The predicted octanol–water partition coefficient (Wildman–Crippen LogP) is 9.79. The lowest BCUT2D eigenvalue weighted by Crippen LogP contribution is -2.17. The van der Waals surface area contributed by atoms with Crippen LogP contribution in [0.1, 0.15) is 128 Å². The van der Waals surface area contributed by atoms with E-state index in [1.165, 1.54) is 100 Å². The molecule has 4 heterocycles. The van der Waals surface area contributed by atoms with Crippen molar-refractivity contribution in [1.29, 1.82) is 0 Å². The van der Waals surface area contributed by atoms with Crippen molar-refractivity contribution in [1.82, 2.24) is 21.3 Å². The van der Waals surface area contributed by atoms with E-state index in [1.54, 1.807) is 28.2 Å². The minimum Gasteiger partial charge on any atom is -0.359 e. The number of unbranched alkanes of at least 4 members (excludes halogenated alkanes) is 4. The highest BCUT2D eigenvalue weighted by molar-refractivity contribution is 8.78. The summed E-state index contributed by atoms with van der Waals surface area (Å²) < 4.78 is 0. The van der Waals surface area contributed by atoms with Crippen LogP contribution in [0.3, 0.4) is 0 Å². The molecule has 4 aliphatic rings. The van der Waals surface area contributed by atoms with Crippen molar-refractivity contribution >= 4 is 110 Å². The average molecular weight is 877 g/mol. The summed E-state index contributed by atoms with van der Waals surface area (Å²) in [6.07, 6.45) is 22.3. The van der Waals surface area contributed by atoms with E-state index in [0.29, 0.717) is 25.7 Å². The number of carbonyl (C=O) groups is 4. The molecule has 4 saturated heterocycles. The predicted molar refractivity (Wildman–Crippen MR) is 244 cm³/mol. The minimum atomic E-state index is 0.174. The molecule has 4 N–H and O–H groups in total. The van der Waals surface area contributed by atoms with Crippen LogP contribution in [0.4, 0.5) is 0 Å². The average Bonchev–Trinajstić information content (AvgIpc) is 4.02. The molecule has 0 spiro atoms. The second-order valence-corrected chi connectivity index (χ2v) is 24.1. The molecule has 4 aliphatic heterocycles. The van der Waals surface area contributed by atoms with Crippen LogP contribution in [0, 0.1) is 0 Å². The van der Waals surface area contributed by atoms with Gasteiger partial charge in [0.15, 0.2) is 0 Å². The monoisotopic (exact) mass is 876 g/mol. The molecule has 0 bridgehead atoms. The number of amides is 4. The van der Waals surface area contributed by atoms with E-state index in [2.05, 4.69) is 21.3 Å². The topological polar surface area (TPSA) is 116 Å². The molecule has 4 atom stereocenters. The van der Waals surface area contributed by atoms with Crippen molar-refractivity contribution < 1.29 is 19.2 Å². The van der Waals surface area contributed by atoms with E-state index in [4.69, 9.17) is 0 Å². The first-order chi connectivity index (χ1) is 25.3. The lowest BCUT2D eigenvalue weighted by Gasteiger charge is -2.05. The summed E-state index contributed by atoms with van der Waals surface area (Å²) in [5.41, 5.74) is 0. The van der Waals surface area contributed by atoms with Gasteiger partial charge in [-0.15, -0.1) is 0 Å². The standard InChI is InChI=1S/4C9H17NOS2/c4*1-10-9(11)5-3-2-4-8-6-7-12-13-8/h4*8H,2-7H2,1H3,(H,10,11). The Kier molecular flexibility index (Phi) is 35.1. The lowest BCUT2D eigenvalue weighted by molar-refractivity contribution is -0.121. The van der Waals surface area contributed by atoms with Crippen molar-refractivity contribution in [3.8, 4) is 0 Å². The fourth-order valence-corrected chi connectivity index (χ4v) is 17.5. The van der Waals surface area contributed by atoms with Gasteiger partial charge in [0, 0.05) is 97.9 Å². The summed E-state index contributed by atoms with van der Waals surface area (Å²) in [5, 5.41) is 14.0. The van der Waals surface area contributed by atoms with Crippen molar-refractivity contribution in [3.63, 3.8) is 0 Å². The molecule has 16 heteroatoms. The second-order valence-electron chi connectivity index (χ2n) is 13.0. The molecule has 0 aromatic rings. The lowest BCUT2D eigenvalue weighted by atomic mass is 10.1. The fraction of sp³-hybridized carbons (Fsp3) is 0.889. The molecule has 4 rings (SSSR count). The molecule has 0 aromatic heterocycles. The van der Waals surface area contributed by atoms with Crippen molar-refractivity contribution in [2.75, 3.05) is 51.2 Å². The SMILES string of the molecule is CNC(=O)CCCCC1CCSS1.CNC(=O)CCCCC1CCSS1.CNC(=O)CCCCC1CCSS1.CNC(=O)CCCCC1CCSS1. The molecular weight excluding hydrogens is 809 g/mol. The molecule has 0 aliphatic carbocycles. The van der Waals surface area contributed by atoms with Crippen LogP contribution in [0.2, 0.25) is 0 Å². The highest BCUT2D eigenvalue weighted by Gasteiger charge is 2.18.